The first-order valence-electron chi connectivity index (χ1n) is 6.62. The van der Waals surface area contributed by atoms with Crippen molar-refractivity contribution in [3.05, 3.63) is 35.7 Å². The summed E-state index contributed by atoms with van der Waals surface area (Å²) in [6, 6.07) is 7.86. The summed E-state index contributed by atoms with van der Waals surface area (Å²) in [7, 11) is 1.66. The van der Waals surface area contributed by atoms with E-state index in [1.54, 1.807) is 7.11 Å². The van der Waals surface area contributed by atoms with Gasteiger partial charge in [-0.25, -0.2) is 4.68 Å². The Kier molecular flexibility index (Phi) is 3.21. The van der Waals surface area contributed by atoms with Gasteiger partial charge in [0.15, 0.2) is 0 Å². The van der Waals surface area contributed by atoms with Crippen LogP contribution in [-0.4, -0.2) is 28.6 Å². The fourth-order valence-electron chi connectivity index (χ4n) is 2.70. The van der Waals surface area contributed by atoms with E-state index in [2.05, 4.69) is 10.3 Å². The minimum atomic E-state index is 0.362. The number of nitrogens with zero attached hydrogens (tertiary/aromatic N) is 3. The minimum Gasteiger partial charge on any atom is -0.497 e. The van der Waals surface area contributed by atoms with Gasteiger partial charge in [0.2, 0.25) is 0 Å². The average Bonchev–Trinajstić information content (AvgIpc) is 2.91. The summed E-state index contributed by atoms with van der Waals surface area (Å²) in [5, 5.41) is 8.59. The summed E-state index contributed by atoms with van der Waals surface area (Å²) in [5.74, 6) is 1.20. The Bertz CT molecular complexity index is 561. The summed E-state index contributed by atoms with van der Waals surface area (Å²) in [5.41, 5.74) is 9.16. The zero-order valence-corrected chi connectivity index (χ0v) is 11.0. The molecule has 2 N–H and O–H groups in total. The van der Waals surface area contributed by atoms with Gasteiger partial charge in [-0.3, -0.25) is 0 Å². The number of methoxy groups -OCH3 is 1. The molecule has 0 fully saturated rings. The van der Waals surface area contributed by atoms with Crippen LogP contribution in [0, 0.1) is 0 Å². The molecule has 0 saturated carbocycles. The molecular formula is C14H18N4O. The standard InChI is InChI=1S/C14H18N4O/c1-19-12-7-5-11(6-8-12)18-14-10(9-15)3-2-4-13(14)16-17-18/h5-8,10H,2-4,9,15H2,1H3. The van der Waals surface area contributed by atoms with Gasteiger partial charge in [-0.1, -0.05) is 5.21 Å². The van der Waals surface area contributed by atoms with Gasteiger partial charge in [-0.15, -0.1) is 5.10 Å². The van der Waals surface area contributed by atoms with Crippen LogP contribution < -0.4 is 10.5 Å². The van der Waals surface area contributed by atoms with Crippen molar-refractivity contribution in [2.75, 3.05) is 13.7 Å². The Morgan fingerprint density at radius 1 is 1.37 bits per heavy atom. The van der Waals surface area contributed by atoms with E-state index in [0.29, 0.717) is 12.5 Å². The monoisotopic (exact) mass is 258 g/mol. The van der Waals surface area contributed by atoms with Crippen molar-refractivity contribution in [1.82, 2.24) is 15.0 Å². The Morgan fingerprint density at radius 3 is 2.84 bits per heavy atom. The van der Waals surface area contributed by atoms with Gasteiger partial charge < -0.3 is 10.5 Å². The Morgan fingerprint density at radius 2 is 2.16 bits per heavy atom. The smallest absolute Gasteiger partial charge is 0.119 e. The summed E-state index contributed by atoms with van der Waals surface area (Å²) < 4.78 is 7.10. The fraction of sp³-hybridized carbons (Fsp3) is 0.429. The highest BCUT2D eigenvalue weighted by molar-refractivity contribution is 5.39. The predicted molar refractivity (Wildman–Crippen MR) is 72.6 cm³/mol. The van der Waals surface area contributed by atoms with E-state index in [1.807, 2.05) is 28.9 Å². The molecule has 19 heavy (non-hydrogen) atoms. The van der Waals surface area contributed by atoms with Crippen LogP contribution in [0.15, 0.2) is 24.3 Å². The lowest BCUT2D eigenvalue weighted by Gasteiger charge is -2.21. The number of benzene rings is 1. The number of ether oxygens (including phenoxy) is 1. The fourth-order valence-corrected chi connectivity index (χ4v) is 2.70. The maximum Gasteiger partial charge on any atom is 0.119 e. The van der Waals surface area contributed by atoms with Crippen molar-refractivity contribution in [3.63, 3.8) is 0 Å². The molecule has 0 spiro atoms. The first-order chi connectivity index (χ1) is 9.33. The normalized spacial score (nSPS) is 18.1. The SMILES string of the molecule is COc1ccc(-n2nnc3c2C(CN)CCC3)cc1. The van der Waals surface area contributed by atoms with Crippen molar-refractivity contribution in [1.29, 1.82) is 0 Å². The van der Waals surface area contributed by atoms with E-state index in [9.17, 15) is 0 Å². The first kappa shape index (κ1) is 12.2. The molecule has 0 bridgehead atoms. The number of rotatable bonds is 3. The number of fused-ring (bicyclic) bond motifs is 1. The number of hydrogen-bond donors (Lipinski definition) is 1. The minimum absolute atomic E-state index is 0.362. The summed E-state index contributed by atoms with van der Waals surface area (Å²) in [6.45, 7) is 0.649. The average molecular weight is 258 g/mol. The third-order valence-electron chi connectivity index (χ3n) is 3.73. The molecule has 2 aromatic rings. The molecule has 1 aromatic heterocycles. The number of aryl methyl sites for hydroxylation is 1. The second kappa shape index (κ2) is 5.01. The van der Waals surface area contributed by atoms with Gasteiger partial charge in [-0.05, 0) is 43.5 Å². The lowest BCUT2D eigenvalue weighted by atomic mass is 9.89. The maximum absolute atomic E-state index is 5.88. The first-order valence-corrected chi connectivity index (χ1v) is 6.62. The maximum atomic E-state index is 5.88. The van der Waals surface area contributed by atoms with Crippen LogP contribution in [-0.2, 0) is 6.42 Å². The molecule has 1 atom stereocenters. The van der Waals surface area contributed by atoms with Crippen molar-refractivity contribution in [2.24, 2.45) is 5.73 Å². The third-order valence-corrected chi connectivity index (χ3v) is 3.73. The van der Waals surface area contributed by atoms with Crippen LogP contribution in [0.25, 0.3) is 5.69 Å². The van der Waals surface area contributed by atoms with Gasteiger partial charge in [-0.2, -0.15) is 0 Å². The molecule has 0 radical (unpaired) electrons. The van der Waals surface area contributed by atoms with Gasteiger partial charge in [0, 0.05) is 12.5 Å². The molecule has 3 rings (SSSR count). The van der Waals surface area contributed by atoms with Crippen LogP contribution >= 0.6 is 0 Å². The highest BCUT2D eigenvalue weighted by Gasteiger charge is 2.25. The molecule has 0 amide bonds. The van der Waals surface area contributed by atoms with Crippen molar-refractivity contribution in [3.8, 4) is 11.4 Å². The molecule has 1 unspecified atom stereocenters. The van der Waals surface area contributed by atoms with Crippen molar-refractivity contribution >= 4 is 0 Å². The zero-order chi connectivity index (χ0) is 13.2. The molecule has 5 heteroatoms. The Balaban J connectivity index is 2.03. The lowest BCUT2D eigenvalue weighted by Crippen LogP contribution is -2.21. The number of hydrogen-bond acceptors (Lipinski definition) is 4. The van der Waals surface area contributed by atoms with Crippen molar-refractivity contribution < 1.29 is 4.74 Å². The van der Waals surface area contributed by atoms with Gasteiger partial charge in [0.1, 0.15) is 5.75 Å². The third kappa shape index (κ3) is 2.10. The quantitative estimate of drug-likeness (QED) is 0.909. The van der Waals surface area contributed by atoms with E-state index in [0.717, 1.165) is 36.4 Å². The summed E-state index contributed by atoms with van der Waals surface area (Å²) in [6.07, 6.45) is 3.27. The molecule has 1 aliphatic rings. The van der Waals surface area contributed by atoms with Crippen LogP contribution in [0.4, 0.5) is 0 Å². The highest BCUT2D eigenvalue weighted by atomic mass is 16.5. The van der Waals surface area contributed by atoms with E-state index in [4.69, 9.17) is 10.5 Å². The Hall–Kier alpha value is -1.88. The van der Waals surface area contributed by atoms with E-state index >= 15 is 0 Å². The highest BCUT2D eigenvalue weighted by Crippen LogP contribution is 2.31. The molecule has 1 aromatic carbocycles. The second-order valence-corrected chi connectivity index (χ2v) is 4.86. The van der Waals surface area contributed by atoms with Crippen molar-refractivity contribution in [2.45, 2.75) is 25.2 Å². The molecule has 100 valence electrons. The van der Waals surface area contributed by atoms with Crippen LogP contribution in [0.5, 0.6) is 5.75 Å². The van der Waals surface area contributed by atoms with Crippen LogP contribution in [0.3, 0.4) is 0 Å². The topological polar surface area (TPSA) is 66.0 Å². The molecule has 1 heterocycles. The summed E-state index contributed by atoms with van der Waals surface area (Å²) >= 11 is 0. The van der Waals surface area contributed by atoms with Crippen LogP contribution in [0.1, 0.15) is 30.1 Å². The van der Waals surface area contributed by atoms with E-state index in [1.165, 1.54) is 5.69 Å². The second-order valence-electron chi connectivity index (χ2n) is 4.86. The predicted octanol–water partition coefficient (Wildman–Crippen LogP) is 1.65. The van der Waals surface area contributed by atoms with E-state index in [-0.39, 0.29) is 0 Å². The Labute approximate surface area is 112 Å². The number of aromatic nitrogens is 3. The summed E-state index contributed by atoms with van der Waals surface area (Å²) in [4.78, 5) is 0. The van der Waals surface area contributed by atoms with E-state index < -0.39 is 0 Å². The largest absolute Gasteiger partial charge is 0.497 e. The lowest BCUT2D eigenvalue weighted by molar-refractivity contribution is 0.414. The molecular weight excluding hydrogens is 240 g/mol. The zero-order valence-electron chi connectivity index (χ0n) is 11.0. The van der Waals surface area contributed by atoms with Crippen LogP contribution in [0.2, 0.25) is 0 Å². The molecule has 0 aliphatic heterocycles. The molecule has 0 saturated heterocycles. The number of nitrogens with two attached hydrogens (primary N) is 1. The molecule has 5 nitrogen and oxygen atoms in total. The van der Waals surface area contributed by atoms with Gasteiger partial charge in [0.05, 0.1) is 24.2 Å². The van der Waals surface area contributed by atoms with Gasteiger partial charge in [0.25, 0.3) is 0 Å². The van der Waals surface area contributed by atoms with Gasteiger partial charge >= 0.3 is 0 Å². The molecule has 1 aliphatic carbocycles.